The number of fused-ring (bicyclic) bond motifs is 2. The van der Waals surface area contributed by atoms with Gasteiger partial charge in [-0.15, -0.1) is 0 Å². The third-order valence-electron chi connectivity index (χ3n) is 4.78. The fourth-order valence-corrected chi connectivity index (χ4v) is 3.77. The molecular weight excluding hydrogens is 360 g/mol. The van der Waals surface area contributed by atoms with E-state index in [-0.39, 0.29) is 30.7 Å². The summed E-state index contributed by atoms with van der Waals surface area (Å²) in [6.45, 7) is 3.14. The number of morpholine rings is 1. The van der Waals surface area contributed by atoms with Crippen molar-refractivity contribution in [3.63, 3.8) is 0 Å². The van der Waals surface area contributed by atoms with Crippen molar-refractivity contribution in [1.82, 2.24) is 4.90 Å². The molecule has 0 radical (unpaired) electrons. The highest BCUT2D eigenvalue weighted by molar-refractivity contribution is 5.69. The number of nitrogens with zero attached hydrogens (tertiary/aromatic N) is 1. The van der Waals surface area contributed by atoms with E-state index < -0.39 is 23.9 Å². The van der Waals surface area contributed by atoms with Crippen LogP contribution in [0, 0.1) is 0 Å². The summed E-state index contributed by atoms with van der Waals surface area (Å²) in [5, 5.41) is 11.2. The van der Waals surface area contributed by atoms with Crippen molar-refractivity contribution < 1.29 is 32.9 Å². The molecular formula is C19H25F2NO5. The van der Waals surface area contributed by atoms with Crippen molar-refractivity contribution in [3.8, 4) is 5.75 Å². The predicted molar refractivity (Wildman–Crippen MR) is 92.7 cm³/mol. The molecule has 1 aromatic rings. The molecule has 3 rings (SSSR count). The number of aliphatic hydroxyl groups is 1. The van der Waals surface area contributed by atoms with Crippen LogP contribution in [-0.4, -0.2) is 53.6 Å². The molecule has 2 heterocycles. The lowest BCUT2D eigenvalue weighted by molar-refractivity contribution is -0.141. The summed E-state index contributed by atoms with van der Waals surface area (Å²) in [5.41, 5.74) is -1.19. The highest BCUT2D eigenvalue weighted by Crippen LogP contribution is 2.42. The predicted octanol–water partition coefficient (Wildman–Crippen LogP) is 3.27. The summed E-state index contributed by atoms with van der Waals surface area (Å²) in [4.78, 5) is 14.3. The fourth-order valence-electron chi connectivity index (χ4n) is 3.77. The van der Waals surface area contributed by atoms with E-state index in [0.29, 0.717) is 18.8 Å². The minimum atomic E-state index is -2.90. The van der Waals surface area contributed by atoms with E-state index >= 15 is 0 Å². The van der Waals surface area contributed by atoms with Crippen LogP contribution in [0.5, 0.6) is 5.75 Å². The maximum Gasteiger partial charge on any atom is 0.410 e. The Morgan fingerprint density at radius 3 is 2.26 bits per heavy atom. The lowest BCUT2D eigenvalue weighted by Crippen LogP contribution is -2.63. The van der Waals surface area contributed by atoms with Gasteiger partial charge in [-0.05, 0) is 38.5 Å². The molecule has 1 amide bonds. The van der Waals surface area contributed by atoms with Crippen molar-refractivity contribution in [2.45, 2.75) is 63.5 Å². The molecule has 0 spiro atoms. The van der Waals surface area contributed by atoms with E-state index in [1.54, 1.807) is 37.8 Å². The van der Waals surface area contributed by atoms with Gasteiger partial charge in [-0.1, -0.05) is 12.1 Å². The summed E-state index contributed by atoms with van der Waals surface area (Å²) < 4.78 is 40.0. The Bertz CT molecular complexity index is 660. The smallest absolute Gasteiger partial charge is 0.410 e. The largest absolute Gasteiger partial charge is 0.444 e. The third kappa shape index (κ3) is 4.50. The summed E-state index contributed by atoms with van der Waals surface area (Å²) in [6.07, 6.45) is 0.138. The first-order valence-corrected chi connectivity index (χ1v) is 8.94. The Labute approximate surface area is 157 Å². The van der Waals surface area contributed by atoms with Gasteiger partial charge in [0.25, 0.3) is 0 Å². The number of halogens is 2. The zero-order valence-electron chi connectivity index (χ0n) is 15.7. The number of alkyl halides is 2. The molecule has 2 fully saturated rings. The van der Waals surface area contributed by atoms with Crippen molar-refractivity contribution in [2.24, 2.45) is 0 Å². The zero-order chi connectivity index (χ0) is 19.8. The molecule has 2 aliphatic heterocycles. The average Bonchev–Trinajstić information content (AvgIpc) is 2.52. The molecule has 150 valence electrons. The van der Waals surface area contributed by atoms with Crippen molar-refractivity contribution in [3.05, 3.63) is 29.8 Å². The highest BCUT2D eigenvalue weighted by Gasteiger charge is 2.49. The molecule has 2 unspecified atom stereocenters. The van der Waals surface area contributed by atoms with Gasteiger partial charge in [-0.2, -0.15) is 8.78 Å². The van der Waals surface area contributed by atoms with Crippen LogP contribution in [0.15, 0.2) is 24.3 Å². The van der Waals surface area contributed by atoms with Crippen LogP contribution in [0.3, 0.4) is 0 Å². The van der Waals surface area contributed by atoms with Crippen LogP contribution in [-0.2, 0) is 15.1 Å². The van der Waals surface area contributed by atoms with Gasteiger partial charge in [0.15, 0.2) is 0 Å². The first kappa shape index (κ1) is 19.8. The van der Waals surface area contributed by atoms with E-state index in [1.807, 2.05) is 0 Å². The maximum absolute atomic E-state index is 12.6. The topological polar surface area (TPSA) is 68.2 Å². The maximum atomic E-state index is 12.6. The van der Waals surface area contributed by atoms with Crippen LogP contribution in [0.25, 0.3) is 0 Å². The second-order valence-corrected chi connectivity index (χ2v) is 8.08. The minimum absolute atomic E-state index is 0.0343. The lowest BCUT2D eigenvalue weighted by Gasteiger charge is -2.51. The van der Waals surface area contributed by atoms with Gasteiger partial charge in [0.1, 0.15) is 11.4 Å². The molecule has 6 nitrogen and oxygen atoms in total. The van der Waals surface area contributed by atoms with Crippen LogP contribution in [0.1, 0.15) is 39.2 Å². The van der Waals surface area contributed by atoms with Crippen LogP contribution >= 0.6 is 0 Å². The Hall–Kier alpha value is -1.93. The number of ether oxygens (including phenoxy) is 3. The number of rotatable bonds is 3. The second kappa shape index (κ2) is 7.24. The fraction of sp³-hybridized carbons (Fsp3) is 0.632. The number of piperidine rings is 1. The Balaban J connectivity index is 1.77. The first-order chi connectivity index (χ1) is 12.6. The molecule has 1 N–H and O–H groups in total. The van der Waals surface area contributed by atoms with E-state index in [1.165, 1.54) is 12.1 Å². The third-order valence-corrected chi connectivity index (χ3v) is 4.78. The number of amides is 1. The van der Waals surface area contributed by atoms with Gasteiger partial charge in [0, 0.05) is 12.8 Å². The number of carbonyl (C=O) groups is 1. The van der Waals surface area contributed by atoms with Gasteiger partial charge >= 0.3 is 12.7 Å². The average molecular weight is 385 g/mol. The quantitative estimate of drug-likeness (QED) is 0.865. The normalized spacial score (nSPS) is 28.2. The summed E-state index contributed by atoms with van der Waals surface area (Å²) >= 11 is 0. The van der Waals surface area contributed by atoms with Gasteiger partial charge < -0.3 is 19.3 Å². The van der Waals surface area contributed by atoms with Gasteiger partial charge in [0.05, 0.1) is 30.9 Å². The van der Waals surface area contributed by atoms with Crippen molar-refractivity contribution in [2.75, 3.05) is 13.2 Å². The second-order valence-electron chi connectivity index (χ2n) is 8.08. The highest BCUT2D eigenvalue weighted by atomic mass is 19.3. The van der Waals surface area contributed by atoms with E-state index in [0.717, 1.165) is 0 Å². The molecule has 0 aromatic heterocycles. The van der Waals surface area contributed by atoms with Gasteiger partial charge in [-0.25, -0.2) is 4.79 Å². The van der Waals surface area contributed by atoms with Crippen molar-refractivity contribution in [1.29, 1.82) is 0 Å². The van der Waals surface area contributed by atoms with Gasteiger partial charge in [-0.3, -0.25) is 4.90 Å². The molecule has 0 saturated carbocycles. The first-order valence-electron chi connectivity index (χ1n) is 8.94. The van der Waals surface area contributed by atoms with E-state index in [4.69, 9.17) is 9.47 Å². The molecule has 2 aliphatic rings. The minimum Gasteiger partial charge on any atom is -0.444 e. The van der Waals surface area contributed by atoms with Crippen LogP contribution in [0.4, 0.5) is 13.6 Å². The summed E-state index contributed by atoms with van der Waals surface area (Å²) in [7, 11) is 0. The zero-order valence-corrected chi connectivity index (χ0v) is 15.7. The number of benzene rings is 1. The summed E-state index contributed by atoms with van der Waals surface area (Å²) in [5.74, 6) is 0.0343. The standard InChI is InChI=1S/C19H25F2NO5/c1-18(2,3)27-17(23)22-13-8-19(24,9-14(22)11-25-10-13)12-4-6-15(7-5-12)26-16(20)21/h4-7,13-14,16,24H,8-11H2,1-3H3. The number of hydrogen-bond donors (Lipinski definition) is 1. The van der Waals surface area contributed by atoms with Crippen molar-refractivity contribution >= 4 is 6.09 Å². The van der Waals surface area contributed by atoms with E-state index in [9.17, 15) is 18.7 Å². The van der Waals surface area contributed by atoms with Crippen LogP contribution in [0.2, 0.25) is 0 Å². The molecule has 2 bridgehead atoms. The molecule has 1 aromatic carbocycles. The SMILES string of the molecule is CC(C)(C)OC(=O)N1C2COCC1CC(O)(c1ccc(OC(F)F)cc1)C2. The Kier molecular flexibility index (Phi) is 5.31. The Morgan fingerprint density at radius 1 is 1.22 bits per heavy atom. The lowest BCUT2D eigenvalue weighted by atomic mass is 9.77. The molecule has 2 atom stereocenters. The molecule has 27 heavy (non-hydrogen) atoms. The monoisotopic (exact) mass is 385 g/mol. The summed E-state index contributed by atoms with van der Waals surface area (Å²) in [6, 6.07) is 5.33. The van der Waals surface area contributed by atoms with Gasteiger partial charge in [0.2, 0.25) is 0 Å². The molecule has 2 saturated heterocycles. The van der Waals surface area contributed by atoms with Crippen LogP contribution < -0.4 is 4.74 Å². The van der Waals surface area contributed by atoms with E-state index in [2.05, 4.69) is 4.74 Å². The number of hydrogen-bond acceptors (Lipinski definition) is 5. The Morgan fingerprint density at radius 2 is 1.78 bits per heavy atom. The molecule has 0 aliphatic carbocycles. The molecule has 8 heteroatoms. The number of carbonyl (C=O) groups excluding carboxylic acids is 1.